The Labute approximate surface area is 358 Å². The molecular weight excluding hydrogens is 911 g/mol. The van der Waals surface area contributed by atoms with Gasteiger partial charge in [0.2, 0.25) is 11.8 Å². The Hall–Kier alpha value is -3.49. The first kappa shape index (κ1) is 52.9. The van der Waals surface area contributed by atoms with Crippen molar-refractivity contribution >= 4 is 75.1 Å². The molecule has 26 nitrogen and oxygen atoms in total. The summed E-state index contributed by atoms with van der Waals surface area (Å²) in [5.41, 5.74) is 5.41. The molecule has 0 aliphatic carbocycles. The number of hydrogen-bond donors (Lipinski definition) is 10. The van der Waals surface area contributed by atoms with Crippen LogP contribution in [-0.4, -0.2) is 134 Å². The number of nitrogen functional groups attached to an aromatic ring is 1. The van der Waals surface area contributed by atoms with Gasteiger partial charge in [0.1, 0.15) is 36.3 Å². The summed E-state index contributed by atoms with van der Waals surface area (Å²) in [7, 11) is -16.5. The summed E-state index contributed by atoms with van der Waals surface area (Å²) >= 11 is 0.969. The fourth-order valence-corrected chi connectivity index (χ4v) is 8.97. The van der Waals surface area contributed by atoms with Crippen molar-refractivity contribution in [3.8, 4) is 0 Å². The molecule has 2 amide bonds. The second-order valence-corrected chi connectivity index (χ2v) is 19.7. The number of fused-ring (bicyclic) bond motifs is 1. The molecule has 0 saturated carbocycles. The lowest BCUT2D eigenvalue weighted by atomic mass is 9.87. The number of nitrogens with zero attached hydrogens (tertiary/aromatic N) is 4. The van der Waals surface area contributed by atoms with E-state index >= 15 is 0 Å². The minimum Gasteiger partial charge on any atom is -0.481 e. The molecule has 2 aromatic heterocycles. The zero-order valence-corrected chi connectivity index (χ0v) is 36.9. The van der Waals surface area contributed by atoms with Gasteiger partial charge in [0, 0.05) is 43.5 Å². The SMILES string of the molecule is C=C(CCCCC(=O)O)C(=C)CC(=O)SCCNC(=O)CCNC(=O)C(O)C(C)(C)COP(=O)(O)OP(=O)(O)OCC1OC(n2cnc3c(N)ncnc32)C(O)C1OP(=O)(O)O. The van der Waals surface area contributed by atoms with E-state index in [1.807, 2.05) is 0 Å². The Bertz CT molecular complexity index is 2100. The van der Waals surface area contributed by atoms with E-state index in [1.54, 1.807) is 0 Å². The first-order valence-electron chi connectivity index (χ1n) is 18.3. The predicted octanol–water partition coefficient (Wildman–Crippen LogP) is 0.812. The van der Waals surface area contributed by atoms with E-state index in [-0.39, 0.29) is 60.2 Å². The monoisotopic (exact) mass is 961 g/mol. The molecule has 62 heavy (non-hydrogen) atoms. The molecule has 1 aliphatic heterocycles. The van der Waals surface area contributed by atoms with Gasteiger partial charge in [-0.1, -0.05) is 44.3 Å². The van der Waals surface area contributed by atoms with Crippen LogP contribution in [0.3, 0.4) is 0 Å². The number of amides is 2. The molecule has 1 aliphatic rings. The van der Waals surface area contributed by atoms with Crippen molar-refractivity contribution in [1.82, 2.24) is 30.2 Å². The summed E-state index contributed by atoms with van der Waals surface area (Å²) in [6.07, 6.45) is -5.39. The van der Waals surface area contributed by atoms with Crippen molar-refractivity contribution in [2.24, 2.45) is 5.41 Å². The van der Waals surface area contributed by atoms with Crippen LogP contribution in [0.5, 0.6) is 0 Å². The number of nitrogens with one attached hydrogen (secondary N) is 2. The van der Waals surface area contributed by atoms with E-state index in [9.17, 15) is 62.7 Å². The van der Waals surface area contributed by atoms with Gasteiger partial charge in [-0.25, -0.2) is 28.6 Å². The Morgan fingerprint density at radius 1 is 0.984 bits per heavy atom. The number of aliphatic hydroxyl groups excluding tert-OH is 2. The maximum Gasteiger partial charge on any atom is 0.481 e. The summed E-state index contributed by atoms with van der Waals surface area (Å²) in [6.45, 7) is 8.01. The number of aliphatic carboxylic acids is 1. The highest BCUT2D eigenvalue weighted by molar-refractivity contribution is 8.13. The normalized spacial score (nSPS) is 20.5. The molecule has 1 saturated heterocycles. The quantitative estimate of drug-likeness (QED) is 0.0336. The lowest BCUT2D eigenvalue weighted by Gasteiger charge is -2.30. The molecule has 0 radical (unpaired) electrons. The van der Waals surface area contributed by atoms with Crippen LogP contribution >= 0.6 is 35.2 Å². The standard InChI is InChI=1S/C32H50N7O19P3S/c1-18(7-5-6-8-22(41)42)19(2)13-23(43)62-12-11-34-21(40)9-10-35-30(46)27(45)32(3,4)15-55-61(52,53)58-60(50,51)54-14-20-26(57-59(47,48)49)25(44)31(56-20)39-17-38-24-28(33)36-16-37-29(24)39/h16-17,20,25-27,31,44-45H,1-2,5-15H2,3-4H3,(H,34,40)(H,35,46)(H,41,42)(H,50,51)(H,52,53)(H2,33,36,37)(H2,47,48,49). The molecule has 1 fully saturated rings. The average Bonchev–Trinajstić information content (AvgIpc) is 3.72. The number of thioether (sulfide) groups is 1. The van der Waals surface area contributed by atoms with Gasteiger partial charge < -0.3 is 56.0 Å². The predicted molar refractivity (Wildman–Crippen MR) is 216 cm³/mol. The van der Waals surface area contributed by atoms with Gasteiger partial charge in [0.15, 0.2) is 22.8 Å². The molecule has 3 heterocycles. The summed E-state index contributed by atoms with van der Waals surface area (Å²) in [4.78, 5) is 98.7. The highest BCUT2D eigenvalue weighted by atomic mass is 32.2. The first-order chi connectivity index (χ1) is 28.7. The summed E-state index contributed by atoms with van der Waals surface area (Å²) in [5, 5.41) is 34.9. The number of aliphatic hydroxyl groups is 2. The number of carbonyl (C=O) groups excluding carboxylic acids is 3. The molecule has 0 aromatic carbocycles. The Balaban J connectivity index is 1.42. The molecule has 11 N–H and O–H groups in total. The van der Waals surface area contributed by atoms with E-state index in [1.165, 1.54) is 13.8 Å². The number of carbonyl (C=O) groups is 4. The van der Waals surface area contributed by atoms with E-state index < -0.39 is 90.5 Å². The van der Waals surface area contributed by atoms with Crippen molar-refractivity contribution in [1.29, 1.82) is 0 Å². The molecule has 7 unspecified atom stereocenters. The maximum atomic E-state index is 12.7. The maximum absolute atomic E-state index is 12.7. The smallest absolute Gasteiger partial charge is 0.481 e. The number of ether oxygens (including phenoxy) is 1. The summed E-state index contributed by atoms with van der Waals surface area (Å²) in [5.74, 6) is -2.20. The second-order valence-electron chi connectivity index (χ2n) is 14.3. The van der Waals surface area contributed by atoms with Gasteiger partial charge in [-0.2, -0.15) is 4.31 Å². The van der Waals surface area contributed by atoms with Crippen molar-refractivity contribution in [2.45, 2.75) is 83.0 Å². The van der Waals surface area contributed by atoms with Crippen LogP contribution in [-0.2, 0) is 55.5 Å². The van der Waals surface area contributed by atoms with Crippen LogP contribution in [0.4, 0.5) is 5.82 Å². The van der Waals surface area contributed by atoms with E-state index in [0.29, 0.717) is 30.4 Å². The zero-order valence-electron chi connectivity index (χ0n) is 33.4. The van der Waals surface area contributed by atoms with Gasteiger partial charge in [0.05, 0.1) is 19.5 Å². The topological polar surface area (TPSA) is 401 Å². The molecule has 0 spiro atoms. The van der Waals surface area contributed by atoms with E-state index in [2.05, 4.69) is 47.6 Å². The molecule has 0 bridgehead atoms. The number of nitrogens with two attached hydrogens (primary N) is 1. The lowest BCUT2D eigenvalue weighted by Crippen LogP contribution is -2.46. The van der Waals surface area contributed by atoms with Crippen molar-refractivity contribution < 1.29 is 90.4 Å². The fraction of sp³-hybridized carbons (Fsp3) is 0.594. The van der Waals surface area contributed by atoms with Crippen molar-refractivity contribution in [3.05, 3.63) is 37.0 Å². The number of unbranched alkanes of at least 4 members (excludes halogenated alkanes) is 1. The Kier molecular flexibility index (Phi) is 19.5. The van der Waals surface area contributed by atoms with Crippen LogP contribution in [0.1, 0.15) is 58.6 Å². The van der Waals surface area contributed by atoms with E-state index in [4.69, 9.17) is 24.6 Å². The van der Waals surface area contributed by atoms with Gasteiger partial charge in [-0.05, 0) is 24.8 Å². The highest BCUT2D eigenvalue weighted by Gasteiger charge is 2.50. The second kappa shape index (κ2) is 22.9. The van der Waals surface area contributed by atoms with Crippen LogP contribution in [0.25, 0.3) is 11.2 Å². The molecule has 30 heteroatoms. The van der Waals surface area contributed by atoms with Crippen LogP contribution in [0.15, 0.2) is 37.0 Å². The third-order valence-electron chi connectivity index (χ3n) is 8.74. The third-order valence-corrected chi connectivity index (χ3v) is 12.7. The minimum absolute atomic E-state index is 0.0201. The minimum atomic E-state index is -5.59. The molecule has 2 aromatic rings. The number of hydrogen-bond acceptors (Lipinski definition) is 19. The molecule has 348 valence electrons. The number of rotatable bonds is 27. The number of phosphoric ester groups is 3. The molecule has 3 rings (SSSR count). The number of allylic oxidation sites excluding steroid dienone is 2. The number of aromatic nitrogens is 4. The first-order valence-corrected chi connectivity index (χ1v) is 23.8. The number of anilines is 1. The number of imidazole rings is 1. The average molecular weight is 962 g/mol. The Morgan fingerprint density at radius 2 is 1.65 bits per heavy atom. The van der Waals surface area contributed by atoms with Crippen molar-refractivity contribution in [2.75, 3.05) is 37.8 Å². The van der Waals surface area contributed by atoms with Gasteiger partial charge in [0.25, 0.3) is 0 Å². The van der Waals surface area contributed by atoms with Gasteiger partial charge >= 0.3 is 29.4 Å². The van der Waals surface area contributed by atoms with Gasteiger partial charge in [-0.15, -0.1) is 0 Å². The Morgan fingerprint density at radius 3 is 2.31 bits per heavy atom. The lowest BCUT2D eigenvalue weighted by molar-refractivity contribution is -0.137. The fourth-order valence-electron chi connectivity index (χ4n) is 5.44. The van der Waals surface area contributed by atoms with Gasteiger partial charge in [-0.3, -0.25) is 37.3 Å². The van der Waals surface area contributed by atoms with Crippen molar-refractivity contribution in [3.63, 3.8) is 0 Å². The zero-order chi connectivity index (χ0) is 46.6. The highest BCUT2D eigenvalue weighted by Crippen LogP contribution is 2.61. The van der Waals surface area contributed by atoms with Crippen LogP contribution < -0.4 is 16.4 Å². The molecule has 7 atom stereocenters. The number of carboxylic acid groups (broad SMARTS) is 1. The van der Waals surface area contributed by atoms with Crippen LogP contribution in [0.2, 0.25) is 0 Å². The largest absolute Gasteiger partial charge is 0.481 e. The number of carboxylic acids is 1. The van der Waals surface area contributed by atoms with Crippen LogP contribution in [0, 0.1) is 5.41 Å². The number of phosphoric acid groups is 3. The summed E-state index contributed by atoms with van der Waals surface area (Å²) in [6, 6.07) is 0. The third kappa shape index (κ3) is 16.9. The summed E-state index contributed by atoms with van der Waals surface area (Å²) < 4.78 is 62.2. The van der Waals surface area contributed by atoms with E-state index in [0.717, 1.165) is 29.0 Å². The molecular formula is C32H50N7O19P3S.